The number of aromatic hydroxyl groups is 1. The van der Waals surface area contributed by atoms with E-state index < -0.39 is 0 Å². The number of amides is 1. The van der Waals surface area contributed by atoms with Crippen LogP contribution in [0.15, 0.2) is 63.6 Å². The molecule has 0 aliphatic carbocycles. The summed E-state index contributed by atoms with van der Waals surface area (Å²) in [5.41, 5.74) is 2.83. The summed E-state index contributed by atoms with van der Waals surface area (Å²) in [6, 6.07) is 13.8. The molecule has 0 fully saturated rings. The van der Waals surface area contributed by atoms with E-state index in [1.807, 2.05) is 18.2 Å². The van der Waals surface area contributed by atoms with Crippen molar-refractivity contribution >= 4 is 22.7 Å². The molecule has 0 saturated carbocycles. The molecule has 1 amide bonds. The van der Waals surface area contributed by atoms with Gasteiger partial charge < -0.3 is 19.3 Å². The number of para-hydroxylation sites is 2. The van der Waals surface area contributed by atoms with E-state index in [0.717, 1.165) is 0 Å². The summed E-state index contributed by atoms with van der Waals surface area (Å²) in [5, 5.41) is 13.1. The molecule has 6 heteroatoms. The van der Waals surface area contributed by atoms with E-state index in [2.05, 4.69) is 10.3 Å². The second-order valence-electron chi connectivity index (χ2n) is 5.61. The molecule has 0 aliphatic heterocycles. The second kappa shape index (κ2) is 5.83. The molecule has 2 aromatic carbocycles. The number of nitrogens with one attached hydrogen (secondary N) is 1. The summed E-state index contributed by atoms with van der Waals surface area (Å²) in [4.78, 5) is 16.6. The van der Waals surface area contributed by atoms with Gasteiger partial charge >= 0.3 is 0 Å². The lowest BCUT2D eigenvalue weighted by molar-refractivity contribution is 0.0996. The Labute approximate surface area is 142 Å². The van der Waals surface area contributed by atoms with Crippen LogP contribution < -0.4 is 5.32 Å². The number of rotatable bonds is 3. The summed E-state index contributed by atoms with van der Waals surface area (Å²) in [6.45, 7) is 1.74. The number of hydrogen-bond donors (Lipinski definition) is 2. The molecule has 0 saturated heterocycles. The Kier molecular flexibility index (Phi) is 3.50. The van der Waals surface area contributed by atoms with Crippen molar-refractivity contribution in [1.82, 2.24) is 4.98 Å². The Morgan fingerprint density at radius 2 is 2.00 bits per heavy atom. The number of benzene rings is 2. The van der Waals surface area contributed by atoms with Crippen molar-refractivity contribution in [2.24, 2.45) is 0 Å². The number of furan rings is 1. The number of phenolic OH excluding ortho intramolecular Hbond substituents is 1. The third kappa shape index (κ3) is 2.74. The molecule has 0 bridgehead atoms. The van der Waals surface area contributed by atoms with Crippen LogP contribution >= 0.6 is 0 Å². The largest absolute Gasteiger partial charge is 0.507 e. The number of aromatic nitrogens is 1. The van der Waals surface area contributed by atoms with E-state index in [-0.39, 0.29) is 23.3 Å². The van der Waals surface area contributed by atoms with Crippen molar-refractivity contribution in [3.05, 3.63) is 66.1 Å². The Balaban J connectivity index is 1.75. The molecule has 4 aromatic rings. The number of anilines is 1. The number of aryl methyl sites for hydroxylation is 1. The third-order valence-corrected chi connectivity index (χ3v) is 3.83. The maximum atomic E-state index is 12.2. The SMILES string of the molecule is Cc1cc(NC(=O)c2ccco2)cc(-c2nc3ccccc3o2)c1O. The zero-order chi connectivity index (χ0) is 17.4. The number of hydrogen-bond acceptors (Lipinski definition) is 5. The van der Waals surface area contributed by atoms with Gasteiger partial charge in [-0.25, -0.2) is 4.98 Å². The lowest BCUT2D eigenvalue weighted by Gasteiger charge is -2.09. The molecule has 4 rings (SSSR count). The summed E-state index contributed by atoms with van der Waals surface area (Å²) in [6.07, 6.45) is 1.43. The fourth-order valence-corrected chi connectivity index (χ4v) is 2.60. The maximum Gasteiger partial charge on any atom is 0.291 e. The van der Waals surface area contributed by atoms with Gasteiger partial charge in [-0.3, -0.25) is 4.79 Å². The van der Waals surface area contributed by atoms with Gasteiger partial charge in [0.25, 0.3) is 5.91 Å². The molecule has 0 aliphatic rings. The second-order valence-corrected chi connectivity index (χ2v) is 5.61. The number of nitrogens with zero attached hydrogens (tertiary/aromatic N) is 1. The molecule has 2 heterocycles. The maximum absolute atomic E-state index is 12.2. The summed E-state index contributed by atoms with van der Waals surface area (Å²) >= 11 is 0. The molecule has 6 nitrogen and oxygen atoms in total. The van der Waals surface area contributed by atoms with Crippen molar-refractivity contribution in [2.45, 2.75) is 6.92 Å². The van der Waals surface area contributed by atoms with Crippen LogP contribution in [-0.4, -0.2) is 16.0 Å². The van der Waals surface area contributed by atoms with Crippen LogP contribution in [0.2, 0.25) is 0 Å². The van der Waals surface area contributed by atoms with Crippen LogP contribution in [0.1, 0.15) is 16.1 Å². The Morgan fingerprint density at radius 1 is 1.16 bits per heavy atom. The van der Waals surface area contributed by atoms with Crippen molar-refractivity contribution in [1.29, 1.82) is 0 Å². The number of oxazole rings is 1. The predicted molar refractivity (Wildman–Crippen MR) is 92.5 cm³/mol. The molecule has 2 N–H and O–H groups in total. The highest BCUT2D eigenvalue weighted by atomic mass is 16.4. The lowest BCUT2D eigenvalue weighted by atomic mass is 10.1. The fourth-order valence-electron chi connectivity index (χ4n) is 2.60. The summed E-state index contributed by atoms with van der Waals surface area (Å²) in [7, 11) is 0. The van der Waals surface area contributed by atoms with Gasteiger partial charge in [-0.2, -0.15) is 0 Å². The highest BCUT2D eigenvalue weighted by molar-refractivity contribution is 6.02. The van der Waals surface area contributed by atoms with Crippen molar-refractivity contribution in [3.63, 3.8) is 0 Å². The quantitative estimate of drug-likeness (QED) is 0.544. The molecular weight excluding hydrogens is 320 g/mol. The highest BCUT2D eigenvalue weighted by Gasteiger charge is 2.17. The van der Waals surface area contributed by atoms with Crippen LogP contribution in [0.5, 0.6) is 5.75 Å². The minimum absolute atomic E-state index is 0.0579. The van der Waals surface area contributed by atoms with Crippen LogP contribution in [-0.2, 0) is 0 Å². The Morgan fingerprint density at radius 3 is 2.76 bits per heavy atom. The van der Waals surface area contributed by atoms with E-state index in [4.69, 9.17) is 8.83 Å². The Bertz CT molecular complexity index is 1030. The molecule has 25 heavy (non-hydrogen) atoms. The molecule has 2 aromatic heterocycles. The minimum atomic E-state index is -0.376. The van der Waals surface area contributed by atoms with Crippen LogP contribution in [0.25, 0.3) is 22.6 Å². The zero-order valence-electron chi connectivity index (χ0n) is 13.3. The first-order valence-electron chi connectivity index (χ1n) is 7.66. The number of fused-ring (bicyclic) bond motifs is 1. The molecule has 0 unspecified atom stereocenters. The van der Waals surface area contributed by atoms with E-state index in [9.17, 15) is 9.90 Å². The zero-order valence-corrected chi connectivity index (χ0v) is 13.3. The van der Waals surface area contributed by atoms with Gasteiger partial charge in [-0.15, -0.1) is 0 Å². The van der Waals surface area contributed by atoms with Crippen LogP contribution in [0.4, 0.5) is 5.69 Å². The van der Waals surface area contributed by atoms with Gasteiger partial charge in [0.15, 0.2) is 11.3 Å². The molecule has 0 atom stereocenters. The first kappa shape index (κ1) is 15.0. The standard InChI is InChI=1S/C19H14N2O4/c1-11-9-12(20-18(23)16-7-4-8-24-16)10-13(17(11)22)19-21-14-5-2-3-6-15(14)25-19/h2-10,22H,1H3,(H,20,23). The number of carbonyl (C=O) groups is 1. The van der Waals surface area contributed by atoms with Gasteiger partial charge in [-0.05, 0) is 48.9 Å². The van der Waals surface area contributed by atoms with Gasteiger partial charge in [0, 0.05) is 5.69 Å². The topological polar surface area (TPSA) is 88.5 Å². The van der Waals surface area contributed by atoms with Crippen LogP contribution in [0, 0.1) is 6.92 Å². The fraction of sp³-hybridized carbons (Fsp3) is 0.0526. The third-order valence-electron chi connectivity index (χ3n) is 3.83. The lowest BCUT2D eigenvalue weighted by Crippen LogP contribution is -2.11. The number of phenols is 1. The number of carbonyl (C=O) groups excluding carboxylic acids is 1. The van der Waals surface area contributed by atoms with Crippen molar-refractivity contribution in [3.8, 4) is 17.2 Å². The summed E-state index contributed by atoms with van der Waals surface area (Å²) in [5.74, 6) is 0.172. The Hall–Kier alpha value is -3.54. The molecule has 0 radical (unpaired) electrons. The minimum Gasteiger partial charge on any atom is -0.507 e. The monoisotopic (exact) mass is 334 g/mol. The average Bonchev–Trinajstić information content (AvgIpc) is 3.26. The van der Waals surface area contributed by atoms with E-state index in [1.165, 1.54) is 6.26 Å². The predicted octanol–water partition coefficient (Wildman–Crippen LogP) is 4.35. The molecular formula is C19H14N2O4. The van der Waals surface area contributed by atoms with E-state index in [1.54, 1.807) is 37.3 Å². The molecule has 124 valence electrons. The summed E-state index contributed by atoms with van der Waals surface area (Å²) < 4.78 is 10.8. The van der Waals surface area contributed by atoms with E-state index in [0.29, 0.717) is 27.9 Å². The molecule has 0 spiro atoms. The van der Waals surface area contributed by atoms with Crippen molar-refractivity contribution < 1.29 is 18.7 Å². The van der Waals surface area contributed by atoms with Gasteiger partial charge in [0.1, 0.15) is 11.3 Å². The normalized spacial score (nSPS) is 10.9. The van der Waals surface area contributed by atoms with Gasteiger partial charge in [-0.1, -0.05) is 12.1 Å². The van der Waals surface area contributed by atoms with Crippen molar-refractivity contribution in [2.75, 3.05) is 5.32 Å². The smallest absolute Gasteiger partial charge is 0.291 e. The first-order valence-corrected chi connectivity index (χ1v) is 7.66. The average molecular weight is 334 g/mol. The van der Waals surface area contributed by atoms with E-state index >= 15 is 0 Å². The highest BCUT2D eigenvalue weighted by Crippen LogP contribution is 2.36. The van der Waals surface area contributed by atoms with Crippen LogP contribution in [0.3, 0.4) is 0 Å². The van der Waals surface area contributed by atoms with Gasteiger partial charge in [0.2, 0.25) is 5.89 Å². The first-order chi connectivity index (χ1) is 12.1. The van der Waals surface area contributed by atoms with Gasteiger partial charge in [0.05, 0.1) is 11.8 Å².